The van der Waals surface area contributed by atoms with E-state index in [1.807, 2.05) is 24.4 Å². The molecule has 0 aromatic carbocycles. The number of carbonyl (C=O) groups is 1. The predicted molar refractivity (Wildman–Crippen MR) is 82.1 cm³/mol. The molecule has 0 bridgehead atoms. The highest BCUT2D eigenvalue weighted by Gasteiger charge is 2.16. The Bertz CT molecular complexity index is 778. The number of rotatable bonds is 3. The van der Waals surface area contributed by atoms with Gasteiger partial charge in [-0.3, -0.25) is 4.79 Å². The molecule has 3 heterocycles. The molecule has 3 aromatic heterocycles. The van der Waals surface area contributed by atoms with Crippen LogP contribution in [-0.4, -0.2) is 15.9 Å². The molecule has 0 radical (unpaired) electrons. The number of aryl methyl sites for hydroxylation is 1. The van der Waals surface area contributed by atoms with Crippen molar-refractivity contribution in [2.75, 3.05) is 5.73 Å². The van der Waals surface area contributed by atoms with E-state index in [0.29, 0.717) is 17.1 Å². The van der Waals surface area contributed by atoms with Crippen molar-refractivity contribution in [1.82, 2.24) is 15.3 Å². The number of pyridine rings is 1. The summed E-state index contributed by atoms with van der Waals surface area (Å²) in [5, 5.41) is 6.51. The maximum Gasteiger partial charge on any atom is 0.263 e. The molecule has 7 heteroatoms. The highest BCUT2D eigenvalue weighted by molar-refractivity contribution is 7.21. The van der Waals surface area contributed by atoms with E-state index in [0.717, 1.165) is 20.9 Å². The lowest BCUT2D eigenvalue weighted by Gasteiger charge is -2.01. The molecule has 3 rings (SSSR count). The lowest BCUT2D eigenvalue weighted by molar-refractivity contribution is 0.0956. The molecule has 1 amide bonds. The molecule has 0 aliphatic carbocycles. The van der Waals surface area contributed by atoms with Crippen molar-refractivity contribution in [3.05, 3.63) is 39.3 Å². The van der Waals surface area contributed by atoms with Crippen LogP contribution < -0.4 is 11.1 Å². The lowest BCUT2D eigenvalue weighted by Crippen LogP contribution is -2.22. The Morgan fingerprint density at radius 1 is 1.50 bits per heavy atom. The first-order valence-corrected chi connectivity index (χ1v) is 7.67. The van der Waals surface area contributed by atoms with Crippen LogP contribution in [0.4, 0.5) is 5.69 Å². The maximum atomic E-state index is 12.2. The van der Waals surface area contributed by atoms with Crippen LogP contribution in [0.2, 0.25) is 0 Å². The smallest absolute Gasteiger partial charge is 0.263 e. The van der Waals surface area contributed by atoms with Crippen molar-refractivity contribution in [2.24, 2.45) is 0 Å². The van der Waals surface area contributed by atoms with Gasteiger partial charge in [-0.2, -0.15) is 0 Å². The van der Waals surface area contributed by atoms with Crippen molar-refractivity contribution in [1.29, 1.82) is 0 Å². The quantitative estimate of drug-likeness (QED) is 0.779. The third kappa shape index (κ3) is 2.37. The molecule has 102 valence electrons. The molecule has 0 spiro atoms. The van der Waals surface area contributed by atoms with E-state index in [1.54, 1.807) is 6.20 Å². The van der Waals surface area contributed by atoms with Crippen LogP contribution in [0.25, 0.3) is 10.2 Å². The van der Waals surface area contributed by atoms with Crippen LogP contribution in [-0.2, 0) is 6.54 Å². The van der Waals surface area contributed by atoms with Gasteiger partial charge in [-0.15, -0.1) is 22.7 Å². The summed E-state index contributed by atoms with van der Waals surface area (Å²) in [5.74, 6) is -0.182. The van der Waals surface area contributed by atoms with Gasteiger partial charge in [-0.25, -0.2) is 9.97 Å². The summed E-state index contributed by atoms with van der Waals surface area (Å²) in [7, 11) is 0. The number of thiazole rings is 1. The second-order valence-corrected chi connectivity index (χ2v) is 6.21. The largest absolute Gasteiger partial charge is 0.397 e. The van der Waals surface area contributed by atoms with E-state index in [-0.39, 0.29) is 5.91 Å². The van der Waals surface area contributed by atoms with Crippen molar-refractivity contribution >= 4 is 44.5 Å². The molecule has 0 aliphatic rings. The second kappa shape index (κ2) is 5.18. The van der Waals surface area contributed by atoms with E-state index in [1.165, 1.54) is 22.7 Å². The van der Waals surface area contributed by atoms with Gasteiger partial charge in [0.2, 0.25) is 0 Å². The Labute approximate surface area is 123 Å². The van der Waals surface area contributed by atoms with Crippen molar-refractivity contribution in [3.63, 3.8) is 0 Å². The van der Waals surface area contributed by atoms with E-state index in [4.69, 9.17) is 5.73 Å². The SMILES string of the molecule is Cc1csc(CNC(=O)c2sc3ncccc3c2N)n1. The van der Waals surface area contributed by atoms with Gasteiger partial charge in [0.1, 0.15) is 14.7 Å². The zero-order valence-electron chi connectivity index (χ0n) is 10.7. The number of nitrogens with one attached hydrogen (secondary N) is 1. The predicted octanol–water partition coefficient (Wildman–Crippen LogP) is 2.57. The molecule has 0 aliphatic heterocycles. The minimum absolute atomic E-state index is 0.182. The van der Waals surface area contributed by atoms with Gasteiger partial charge in [0.15, 0.2) is 0 Å². The number of nitrogens with zero attached hydrogens (tertiary/aromatic N) is 2. The third-order valence-corrected chi connectivity index (χ3v) is 4.87. The van der Waals surface area contributed by atoms with Gasteiger partial charge >= 0.3 is 0 Å². The average molecular weight is 304 g/mol. The van der Waals surface area contributed by atoms with Crippen molar-refractivity contribution < 1.29 is 4.79 Å². The van der Waals surface area contributed by atoms with Gasteiger partial charge in [-0.1, -0.05) is 0 Å². The monoisotopic (exact) mass is 304 g/mol. The highest BCUT2D eigenvalue weighted by Crippen LogP contribution is 2.31. The Balaban J connectivity index is 1.80. The Kier molecular flexibility index (Phi) is 3.37. The van der Waals surface area contributed by atoms with Crippen LogP contribution in [0.15, 0.2) is 23.7 Å². The molecule has 3 aromatic rings. The Morgan fingerprint density at radius 2 is 2.35 bits per heavy atom. The number of carbonyl (C=O) groups excluding carboxylic acids is 1. The number of hydrogen-bond acceptors (Lipinski definition) is 6. The normalized spacial score (nSPS) is 10.8. The first-order valence-electron chi connectivity index (χ1n) is 5.97. The number of amides is 1. The number of aromatic nitrogens is 2. The van der Waals surface area contributed by atoms with Crippen molar-refractivity contribution in [2.45, 2.75) is 13.5 Å². The summed E-state index contributed by atoms with van der Waals surface area (Å²) in [6.45, 7) is 2.34. The van der Waals surface area contributed by atoms with Crippen LogP contribution in [0.3, 0.4) is 0 Å². The number of thiophene rings is 1. The van der Waals surface area contributed by atoms with Crippen LogP contribution in [0.1, 0.15) is 20.4 Å². The van der Waals surface area contributed by atoms with Crippen LogP contribution >= 0.6 is 22.7 Å². The molecule has 0 atom stereocenters. The zero-order valence-corrected chi connectivity index (χ0v) is 12.3. The zero-order chi connectivity index (χ0) is 14.1. The summed E-state index contributed by atoms with van der Waals surface area (Å²) < 4.78 is 0. The highest BCUT2D eigenvalue weighted by atomic mass is 32.1. The Hall–Kier alpha value is -1.99. The van der Waals surface area contributed by atoms with Gasteiger partial charge in [0.05, 0.1) is 12.2 Å². The number of nitrogen functional groups attached to an aromatic ring is 1. The number of anilines is 1. The van der Waals surface area contributed by atoms with E-state index in [2.05, 4.69) is 15.3 Å². The summed E-state index contributed by atoms with van der Waals surface area (Å²) in [5.41, 5.74) is 7.46. The van der Waals surface area contributed by atoms with E-state index in [9.17, 15) is 4.79 Å². The van der Waals surface area contributed by atoms with Gasteiger partial charge in [0, 0.05) is 22.7 Å². The standard InChI is InChI=1S/C13H12N4OS2/c1-7-6-19-9(17-7)5-16-12(18)11-10(14)8-3-2-4-15-13(8)20-11/h2-4,6H,5,14H2,1H3,(H,16,18). The summed E-state index contributed by atoms with van der Waals surface area (Å²) in [4.78, 5) is 22.0. The second-order valence-electron chi connectivity index (χ2n) is 4.27. The summed E-state index contributed by atoms with van der Waals surface area (Å²) >= 11 is 2.84. The molecule has 0 fully saturated rings. The fourth-order valence-electron chi connectivity index (χ4n) is 1.84. The number of fused-ring (bicyclic) bond motifs is 1. The maximum absolute atomic E-state index is 12.2. The summed E-state index contributed by atoms with van der Waals surface area (Å²) in [6.07, 6.45) is 1.69. The Morgan fingerprint density at radius 3 is 3.05 bits per heavy atom. The van der Waals surface area contributed by atoms with Gasteiger partial charge in [0.25, 0.3) is 5.91 Å². The third-order valence-electron chi connectivity index (χ3n) is 2.78. The number of hydrogen-bond donors (Lipinski definition) is 2. The van der Waals surface area contributed by atoms with E-state index >= 15 is 0 Å². The minimum Gasteiger partial charge on any atom is -0.397 e. The molecule has 3 N–H and O–H groups in total. The molecule has 5 nitrogen and oxygen atoms in total. The van der Waals surface area contributed by atoms with Crippen molar-refractivity contribution in [3.8, 4) is 0 Å². The molecule has 0 saturated carbocycles. The molecular weight excluding hydrogens is 292 g/mol. The summed E-state index contributed by atoms with van der Waals surface area (Å²) in [6, 6.07) is 3.68. The lowest BCUT2D eigenvalue weighted by atomic mass is 10.2. The molecular formula is C13H12N4OS2. The first kappa shape index (κ1) is 13.0. The fourth-order valence-corrected chi connectivity index (χ4v) is 3.53. The minimum atomic E-state index is -0.182. The molecule has 20 heavy (non-hydrogen) atoms. The van der Waals surface area contributed by atoms with Gasteiger partial charge < -0.3 is 11.1 Å². The fraction of sp³-hybridized carbons (Fsp3) is 0.154. The topological polar surface area (TPSA) is 80.9 Å². The first-order chi connectivity index (χ1) is 9.65. The molecule has 0 saturated heterocycles. The van der Waals surface area contributed by atoms with Crippen LogP contribution in [0.5, 0.6) is 0 Å². The molecule has 0 unspecified atom stereocenters. The van der Waals surface area contributed by atoms with Gasteiger partial charge in [-0.05, 0) is 19.1 Å². The van der Waals surface area contributed by atoms with E-state index < -0.39 is 0 Å². The number of nitrogens with two attached hydrogens (primary N) is 1. The average Bonchev–Trinajstić information content (AvgIpc) is 3.01. The van der Waals surface area contributed by atoms with Crippen LogP contribution in [0, 0.1) is 6.92 Å².